The minimum Gasteiger partial charge on any atom is -0.493 e. The summed E-state index contributed by atoms with van der Waals surface area (Å²) in [5, 5.41) is 3.18. The number of ether oxygens (including phenoxy) is 3. The number of aliphatic imine (C=N–C) groups is 1. The number of benzene rings is 2. The highest BCUT2D eigenvalue weighted by Crippen LogP contribution is 2.31. The van der Waals surface area contributed by atoms with Crippen LogP contribution in [0.5, 0.6) is 17.2 Å². The Hall–Kier alpha value is -2.89. The third kappa shape index (κ3) is 5.55. The Morgan fingerprint density at radius 2 is 1.86 bits per heavy atom. The molecule has 0 aromatic heterocycles. The lowest BCUT2D eigenvalue weighted by molar-refractivity contribution is 0.296. The summed E-state index contributed by atoms with van der Waals surface area (Å²) >= 11 is 0. The largest absolute Gasteiger partial charge is 0.493 e. The van der Waals surface area contributed by atoms with E-state index in [2.05, 4.69) is 35.4 Å². The Labute approximate surface area is 166 Å². The van der Waals surface area contributed by atoms with Crippen molar-refractivity contribution >= 4 is 5.96 Å². The van der Waals surface area contributed by atoms with Crippen molar-refractivity contribution in [1.29, 1.82) is 0 Å². The highest BCUT2D eigenvalue weighted by atomic mass is 16.5. The van der Waals surface area contributed by atoms with E-state index < -0.39 is 0 Å². The first-order chi connectivity index (χ1) is 13.6. The molecule has 2 aromatic carbocycles. The van der Waals surface area contributed by atoms with Crippen molar-refractivity contribution in [3.63, 3.8) is 0 Å². The molecule has 3 rings (SSSR count). The molecule has 0 spiro atoms. The predicted molar refractivity (Wildman–Crippen MR) is 111 cm³/mol. The number of aryl methyl sites for hydroxylation is 1. The van der Waals surface area contributed by atoms with Crippen LogP contribution in [0.1, 0.15) is 29.5 Å². The monoisotopic (exact) mass is 383 g/mol. The molecule has 0 unspecified atom stereocenters. The standard InChI is InChI=1S/C22H29N3O3/c1-15-4-8-18(20(10-15)28-14-16-5-6-16)13-25-22(23)24-12-17-7-9-19(26-2)21(11-17)27-3/h4,7-11,16H,5-6,12-14H2,1-3H3,(H3,23,24,25). The van der Waals surface area contributed by atoms with Gasteiger partial charge in [-0.05, 0) is 55.0 Å². The number of nitrogens with two attached hydrogens (primary N) is 1. The second-order valence-corrected chi connectivity index (χ2v) is 7.11. The van der Waals surface area contributed by atoms with Gasteiger partial charge in [0.05, 0.1) is 27.4 Å². The number of hydrogen-bond donors (Lipinski definition) is 2. The van der Waals surface area contributed by atoms with Gasteiger partial charge in [-0.15, -0.1) is 0 Å². The average Bonchev–Trinajstić information content (AvgIpc) is 3.54. The van der Waals surface area contributed by atoms with E-state index in [0.29, 0.717) is 30.5 Å². The summed E-state index contributed by atoms with van der Waals surface area (Å²) in [6, 6.07) is 11.9. The van der Waals surface area contributed by atoms with Crippen molar-refractivity contribution in [1.82, 2.24) is 5.32 Å². The normalized spacial score (nSPS) is 13.9. The van der Waals surface area contributed by atoms with Crippen LogP contribution in [0.25, 0.3) is 0 Å². The van der Waals surface area contributed by atoms with Crippen LogP contribution < -0.4 is 25.3 Å². The number of methoxy groups -OCH3 is 2. The molecule has 3 N–H and O–H groups in total. The van der Waals surface area contributed by atoms with E-state index in [-0.39, 0.29) is 0 Å². The highest BCUT2D eigenvalue weighted by molar-refractivity contribution is 5.77. The third-order valence-electron chi connectivity index (χ3n) is 4.73. The molecule has 0 heterocycles. The van der Waals surface area contributed by atoms with Crippen LogP contribution >= 0.6 is 0 Å². The number of hydrogen-bond acceptors (Lipinski definition) is 4. The SMILES string of the molecule is COc1ccc(CN=C(N)NCc2ccc(C)cc2OCC2CC2)cc1OC. The molecule has 0 amide bonds. The average molecular weight is 383 g/mol. The molecule has 28 heavy (non-hydrogen) atoms. The number of nitrogens with zero attached hydrogens (tertiary/aromatic N) is 1. The zero-order valence-corrected chi connectivity index (χ0v) is 16.8. The molecule has 6 heteroatoms. The minimum absolute atomic E-state index is 0.392. The number of rotatable bonds is 9. The molecule has 0 radical (unpaired) electrons. The molecule has 0 bridgehead atoms. The van der Waals surface area contributed by atoms with Crippen molar-refractivity contribution in [2.45, 2.75) is 32.9 Å². The van der Waals surface area contributed by atoms with E-state index in [9.17, 15) is 0 Å². The molecule has 0 atom stereocenters. The summed E-state index contributed by atoms with van der Waals surface area (Å²) in [5.74, 6) is 3.41. The zero-order valence-electron chi connectivity index (χ0n) is 16.8. The van der Waals surface area contributed by atoms with E-state index in [4.69, 9.17) is 19.9 Å². The Bertz CT molecular complexity index is 832. The fraction of sp³-hybridized carbons (Fsp3) is 0.409. The van der Waals surface area contributed by atoms with E-state index >= 15 is 0 Å². The van der Waals surface area contributed by atoms with Crippen LogP contribution in [0.2, 0.25) is 0 Å². The van der Waals surface area contributed by atoms with Gasteiger partial charge in [0.25, 0.3) is 0 Å². The molecule has 1 saturated carbocycles. The van der Waals surface area contributed by atoms with Gasteiger partial charge in [0.2, 0.25) is 0 Å². The molecule has 2 aromatic rings. The van der Waals surface area contributed by atoms with Crippen molar-refractivity contribution < 1.29 is 14.2 Å². The van der Waals surface area contributed by atoms with Crippen molar-refractivity contribution in [2.24, 2.45) is 16.6 Å². The lowest BCUT2D eigenvalue weighted by Crippen LogP contribution is -2.31. The van der Waals surface area contributed by atoms with Gasteiger partial charge in [0.1, 0.15) is 5.75 Å². The first-order valence-corrected chi connectivity index (χ1v) is 9.56. The molecule has 150 valence electrons. The van der Waals surface area contributed by atoms with Gasteiger partial charge in [-0.3, -0.25) is 0 Å². The smallest absolute Gasteiger partial charge is 0.189 e. The molecular weight excluding hydrogens is 354 g/mol. The quantitative estimate of drug-likeness (QED) is 0.513. The number of nitrogens with one attached hydrogen (secondary N) is 1. The summed E-state index contributed by atoms with van der Waals surface area (Å²) in [6.07, 6.45) is 2.55. The summed E-state index contributed by atoms with van der Waals surface area (Å²) in [5.41, 5.74) is 9.31. The van der Waals surface area contributed by atoms with Gasteiger partial charge in [0, 0.05) is 12.1 Å². The van der Waals surface area contributed by atoms with Crippen LogP contribution in [0.15, 0.2) is 41.4 Å². The summed E-state index contributed by atoms with van der Waals surface area (Å²) in [6.45, 7) is 3.89. The van der Waals surface area contributed by atoms with E-state index in [0.717, 1.165) is 29.4 Å². The van der Waals surface area contributed by atoms with Gasteiger partial charge in [0.15, 0.2) is 17.5 Å². The van der Waals surface area contributed by atoms with E-state index in [1.54, 1.807) is 14.2 Å². The molecule has 0 saturated heterocycles. The molecule has 1 aliphatic carbocycles. The molecule has 1 aliphatic rings. The van der Waals surface area contributed by atoms with Gasteiger partial charge in [-0.25, -0.2) is 4.99 Å². The summed E-state index contributed by atoms with van der Waals surface area (Å²) < 4.78 is 16.6. The minimum atomic E-state index is 0.392. The second kappa shape index (κ2) is 9.35. The Kier molecular flexibility index (Phi) is 6.63. The summed E-state index contributed by atoms with van der Waals surface area (Å²) in [4.78, 5) is 4.42. The van der Waals surface area contributed by atoms with Crippen LogP contribution in [0, 0.1) is 12.8 Å². The molecular formula is C22H29N3O3. The van der Waals surface area contributed by atoms with Crippen LogP contribution in [0.3, 0.4) is 0 Å². The van der Waals surface area contributed by atoms with Crippen molar-refractivity contribution in [2.75, 3.05) is 20.8 Å². The predicted octanol–water partition coefficient (Wildman–Crippen LogP) is 3.41. The maximum atomic E-state index is 6.05. The maximum absolute atomic E-state index is 6.05. The molecule has 6 nitrogen and oxygen atoms in total. The molecule has 1 fully saturated rings. The lowest BCUT2D eigenvalue weighted by Gasteiger charge is -2.13. The Balaban J connectivity index is 1.58. The lowest BCUT2D eigenvalue weighted by atomic mass is 10.1. The van der Waals surface area contributed by atoms with Crippen molar-refractivity contribution in [3.05, 3.63) is 53.1 Å². The van der Waals surface area contributed by atoms with Gasteiger partial charge in [-0.2, -0.15) is 0 Å². The van der Waals surface area contributed by atoms with Crippen LogP contribution in [-0.4, -0.2) is 26.8 Å². The Morgan fingerprint density at radius 1 is 1.07 bits per heavy atom. The zero-order chi connectivity index (χ0) is 19.9. The van der Waals surface area contributed by atoms with Crippen molar-refractivity contribution in [3.8, 4) is 17.2 Å². The topological polar surface area (TPSA) is 78.1 Å². The number of guanidine groups is 1. The maximum Gasteiger partial charge on any atom is 0.189 e. The fourth-order valence-electron chi connectivity index (χ4n) is 2.83. The van der Waals surface area contributed by atoms with Crippen LogP contribution in [0.4, 0.5) is 0 Å². The molecule has 0 aliphatic heterocycles. The van der Waals surface area contributed by atoms with E-state index in [1.165, 1.54) is 18.4 Å². The van der Waals surface area contributed by atoms with E-state index in [1.807, 2.05) is 18.2 Å². The first-order valence-electron chi connectivity index (χ1n) is 9.56. The Morgan fingerprint density at radius 3 is 2.57 bits per heavy atom. The third-order valence-corrected chi connectivity index (χ3v) is 4.73. The van der Waals surface area contributed by atoms with Crippen LogP contribution in [-0.2, 0) is 13.1 Å². The van der Waals surface area contributed by atoms with Gasteiger partial charge in [-0.1, -0.05) is 18.2 Å². The summed E-state index contributed by atoms with van der Waals surface area (Å²) in [7, 11) is 3.23. The van der Waals surface area contributed by atoms with Gasteiger partial charge >= 0.3 is 0 Å². The fourth-order valence-corrected chi connectivity index (χ4v) is 2.83. The van der Waals surface area contributed by atoms with Gasteiger partial charge < -0.3 is 25.3 Å². The second-order valence-electron chi connectivity index (χ2n) is 7.11. The first kappa shape index (κ1) is 19.9. The highest BCUT2D eigenvalue weighted by Gasteiger charge is 2.22.